The topological polar surface area (TPSA) is 18.5 Å². The molecule has 2 fully saturated rings. The number of allylic oxidation sites excluding steroid dienone is 1. The Morgan fingerprint density at radius 3 is 2.33 bits per heavy atom. The van der Waals surface area contributed by atoms with E-state index in [0.29, 0.717) is 5.92 Å². The van der Waals surface area contributed by atoms with Crippen LogP contribution in [0.25, 0.3) is 6.08 Å². The Morgan fingerprint density at radius 1 is 1.00 bits per heavy atom. The molecule has 18 heavy (non-hydrogen) atoms. The van der Waals surface area contributed by atoms with E-state index in [0.717, 1.165) is 26.1 Å². The highest BCUT2D eigenvalue weighted by molar-refractivity contribution is 5.48. The zero-order chi connectivity index (χ0) is 12.3. The Balaban J connectivity index is 1.55. The summed E-state index contributed by atoms with van der Waals surface area (Å²) in [7, 11) is 0. The molecule has 1 aromatic carbocycles. The summed E-state index contributed by atoms with van der Waals surface area (Å²) in [6.07, 6.45) is 9.00. The van der Waals surface area contributed by atoms with Gasteiger partial charge < -0.3 is 9.47 Å². The van der Waals surface area contributed by atoms with Gasteiger partial charge in [-0.2, -0.15) is 0 Å². The standard InChI is InChI=1S/C16H20O2/c1-2-4-14(5-3-1)6-7-15-8-10-16(11-9-15)17-12-13-18-16/h1-7,15H,8-13H2/b7-6+. The van der Waals surface area contributed by atoms with Gasteiger partial charge in [0.05, 0.1) is 13.2 Å². The van der Waals surface area contributed by atoms with Crippen molar-refractivity contribution < 1.29 is 9.47 Å². The minimum Gasteiger partial charge on any atom is -0.348 e. The molecule has 0 unspecified atom stereocenters. The van der Waals surface area contributed by atoms with Gasteiger partial charge in [-0.15, -0.1) is 0 Å². The second-order valence-corrected chi connectivity index (χ2v) is 5.21. The third-order valence-corrected chi connectivity index (χ3v) is 3.97. The van der Waals surface area contributed by atoms with Crippen molar-refractivity contribution in [1.82, 2.24) is 0 Å². The van der Waals surface area contributed by atoms with Crippen LogP contribution in [0.5, 0.6) is 0 Å². The highest BCUT2D eigenvalue weighted by Gasteiger charge is 2.39. The summed E-state index contributed by atoms with van der Waals surface area (Å²) >= 11 is 0. The Hall–Kier alpha value is -1.12. The van der Waals surface area contributed by atoms with Crippen LogP contribution in [-0.4, -0.2) is 19.0 Å². The van der Waals surface area contributed by atoms with E-state index in [1.54, 1.807) is 0 Å². The lowest BCUT2D eigenvalue weighted by molar-refractivity contribution is -0.180. The first-order valence-electron chi connectivity index (χ1n) is 6.88. The number of hydrogen-bond acceptors (Lipinski definition) is 2. The molecule has 0 bridgehead atoms. The van der Waals surface area contributed by atoms with Gasteiger partial charge in [0.25, 0.3) is 0 Å². The van der Waals surface area contributed by atoms with Crippen LogP contribution in [0.3, 0.4) is 0 Å². The molecular formula is C16H20O2. The van der Waals surface area contributed by atoms with Gasteiger partial charge in [0.1, 0.15) is 0 Å². The van der Waals surface area contributed by atoms with Crippen LogP contribution < -0.4 is 0 Å². The fourth-order valence-electron chi connectivity index (χ4n) is 2.87. The zero-order valence-electron chi connectivity index (χ0n) is 10.7. The van der Waals surface area contributed by atoms with Gasteiger partial charge in [-0.1, -0.05) is 42.5 Å². The van der Waals surface area contributed by atoms with Gasteiger partial charge in [-0.3, -0.25) is 0 Å². The maximum atomic E-state index is 5.75. The van der Waals surface area contributed by atoms with Gasteiger partial charge in [0.15, 0.2) is 5.79 Å². The molecule has 0 N–H and O–H groups in total. The molecular weight excluding hydrogens is 224 g/mol. The van der Waals surface area contributed by atoms with Gasteiger partial charge >= 0.3 is 0 Å². The van der Waals surface area contributed by atoms with Crippen molar-refractivity contribution >= 4 is 6.08 Å². The maximum absolute atomic E-state index is 5.75. The Labute approximate surface area is 109 Å². The third kappa shape index (κ3) is 2.65. The number of rotatable bonds is 2. The van der Waals surface area contributed by atoms with Crippen LogP contribution in [0.4, 0.5) is 0 Å². The average molecular weight is 244 g/mol. The van der Waals surface area contributed by atoms with Gasteiger partial charge in [-0.05, 0) is 24.3 Å². The van der Waals surface area contributed by atoms with Crippen molar-refractivity contribution in [2.45, 2.75) is 31.5 Å². The predicted molar refractivity (Wildman–Crippen MR) is 72.1 cm³/mol. The minimum atomic E-state index is -0.225. The molecule has 1 heterocycles. The van der Waals surface area contributed by atoms with Crippen LogP contribution in [0.2, 0.25) is 0 Å². The fourth-order valence-corrected chi connectivity index (χ4v) is 2.87. The first kappa shape index (κ1) is 11.9. The molecule has 2 nitrogen and oxygen atoms in total. The quantitative estimate of drug-likeness (QED) is 0.791. The molecule has 0 aromatic heterocycles. The molecule has 0 radical (unpaired) electrons. The molecule has 1 saturated carbocycles. The lowest BCUT2D eigenvalue weighted by Gasteiger charge is -2.34. The zero-order valence-corrected chi connectivity index (χ0v) is 10.7. The van der Waals surface area contributed by atoms with E-state index in [1.165, 1.54) is 18.4 Å². The maximum Gasteiger partial charge on any atom is 0.168 e. The molecule has 1 aliphatic carbocycles. The Kier molecular flexibility index (Phi) is 3.48. The number of hydrogen-bond donors (Lipinski definition) is 0. The lowest BCUT2D eigenvalue weighted by atomic mass is 9.84. The van der Waals surface area contributed by atoms with Crippen LogP contribution in [-0.2, 0) is 9.47 Å². The summed E-state index contributed by atoms with van der Waals surface area (Å²) in [5, 5.41) is 0. The van der Waals surface area contributed by atoms with E-state index in [9.17, 15) is 0 Å². The van der Waals surface area contributed by atoms with Crippen molar-refractivity contribution in [2.24, 2.45) is 5.92 Å². The molecule has 1 aromatic rings. The van der Waals surface area contributed by atoms with E-state index in [-0.39, 0.29) is 5.79 Å². The molecule has 0 atom stereocenters. The monoisotopic (exact) mass is 244 g/mol. The molecule has 1 spiro atoms. The summed E-state index contributed by atoms with van der Waals surface area (Å²) in [4.78, 5) is 0. The lowest BCUT2D eigenvalue weighted by Crippen LogP contribution is -2.34. The summed E-state index contributed by atoms with van der Waals surface area (Å²) in [6.45, 7) is 1.54. The van der Waals surface area contributed by atoms with E-state index in [4.69, 9.17) is 9.47 Å². The van der Waals surface area contributed by atoms with E-state index < -0.39 is 0 Å². The van der Waals surface area contributed by atoms with Crippen molar-refractivity contribution in [1.29, 1.82) is 0 Å². The van der Waals surface area contributed by atoms with E-state index in [2.05, 4.69) is 42.5 Å². The van der Waals surface area contributed by atoms with Crippen LogP contribution in [0, 0.1) is 5.92 Å². The molecule has 1 aliphatic heterocycles. The summed E-state index contributed by atoms with van der Waals surface area (Å²) < 4.78 is 11.5. The van der Waals surface area contributed by atoms with Gasteiger partial charge in [0, 0.05) is 12.8 Å². The summed E-state index contributed by atoms with van der Waals surface area (Å²) in [5.74, 6) is 0.445. The van der Waals surface area contributed by atoms with Gasteiger partial charge in [0.2, 0.25) is 0 Å². The summed E-state index contributed by atoms with van der Waals surface area (Å²) in [6, 6.07) is 10.5. The fraction of sp³-hybridized carbons (Fsp3) is 0.500. The largest absolute Gasteiger partial charge is 0.348 e. The van der Waals surface area contributed by atoms with Crippen LogP contribution in [0.1, 0.15) is 31.2 Å². The van der Waals surface area contributed by atoms with Crippen LogP contribution in [0.15, 0.2) is 36.4 Å². The number of ether oxygens (including phenoxy) is 2. The molecule has 2 heteroatoms. The Morgan fingerprint density at radius 2 is 1.67 bits per heavy atom. The second kappa shape index (κ2) is 5.25. The molecule has 1 saturated heterocycles. The SMILES string of the molecule is C(=C\C1CCC2(CC1)OCCO2)/c1ccccc1. The predicted octanol–water partition coefficient (Wildman–Crippen LogP) is 3.63. The smallest absolute Gasteiger partial charge is 0.168 e. The third-order valence-electron chi connectivity index (χ3n) is 3.97. The molecule has 96 valence electrons. The van der Waals surface area contributed by atoms with Crippen LogP contribution >= 0.6 is 0 Å². The molecule has 2 aliphatic rings. The normalized spacial score (nSPS) is 24.0. The Bertz CT molecular complexity index is 394. The highest BCUT2D eigenvalue weighted by atomic mass is 16.7. The summed E-state index contributed by atoms with van der Waals surface area (Å²) in [5.41, 5.74) is 1.28. The van der Waals surface area contributed by atoms with E-state index >= 15 is 0 Å². The van der Waals surface area contributed by atoms with Crippen molar-refractivity contribution in [3.05, 3.63) is 42.0 Å². The van der Waals surface area contributed by atoms with E-state index in [1.807, 2.05) is 0 Å². The van der Waals surface area contributed by atoms with Crippen molar-refractivity contribution in [2.75, 3.05) is 13.2 Å². The van der Waals surface area contributed by atoms with Gasteiger partial charge in [-0.25, -0.2) is 0 Å². The minimum absolute atomic E-state index is 0.225. The average Bonchev–Trinajstić information content (AvgIpc) is 2.88. The molecule has 3 rings (SSSR count). The first-order valence-corrected chi connectivity index (χ1v) is 6.88. The van der Waals surface area contributed by atoms with Crippen molar-refractivity contribution in [3.8, 4) is 0 Å². The highest BCUT2D eigenvalue weighted by Crippen LogP contribution is 2.38. The van der Waals surface area contributed by atoms with Crippen molar-refractivity contribution in [3.63, 3.8) is 0 Å². The number of benzene rings is 1. The molecule has 0 amide bonds. The first-order chi connectivity index (χ1) is 8.86. The second-order valence-electron chi connectivity index (χ2n) is 5.21.